The van der Waals surface area contributed by atoms with Gasteiger partial charge in [0, 0.05) is 6.54 Å². The number of nitrogens with zero attached hydrogens (tertiary/aromatic N) is 2. The molecule has 0 saturated carbocycles. The molecule has 2 aromatic rings. The minimum atomic E-state index is -0.614. The van der Waals surface area contributed by atoms with Crippen molar-refractivity contribution in [2.75, 3.05) is 18.0 Å². The second-order valence-electron chi connectivity index (χ2n) is 7.44. The maximum absolute atomic E-state index is 14.0. The average molecular weight is 395 g/mol. The van der Waals surface area contributed by atoms with Crippen LogP contribution in [-0.4, -0.2) is 41.8 Å². The lowest BCUT2D eigenvalue weighted by Gasteiger charge is -2.26. The van der Waals surface area contributed by atoms with Crippen LogP contribution in [0.5, 0.6) is 0 Å². The van der Waals surface area contributed by atoms with Crippen LogP contribution in [0.3, 0.4) is 0 Å². The number of carbonyl (C=O) groups excluding carboxylic acids is 3. The molecule has 4 rings (SSSR count). The standard InChI is InChI=1S/C22H22FN3O3/c1-14(15-6-3-2-4-7-15)24-20(27)13-26-19-12-16(23)9-10-17(19)21(28)25-11-5-8-18(25)22(26)29/h2-4,6-7,9-10,12,14,18H,5,8,11,13H2,1H3,(H,24,27)/t14-,18-/m1/s1. The van der Waals surface area contributed by atoms with Gasteiger partial charge in [-0.15, -0.1) is 0 Å². The van der Waals surface area contributed by atoms with Gasteiger partial charge in [-0.2, -0.15) is 0 Å². The number of carbonyl (C=O) groups is 3. The van der Waals surface area contributed by atoms with Crippen LogP contribution in [0.4, 0.5) is 10.1 Å². The van der Waals surface area contributed by atoms with Crippen LogP contribution < -0.4 is 10.2 Å². The van der Waals surface area contributed by atoms with Crippen LogP contribution >= 0.6 is 0 Å². The maximum Gasteiger partial charge on any atom is 0.256 e. The van der Waals surface area contributed by atoms with E-state index in [1.165, 1.54) is 21.9 Å². The Kier molecular flexibility index (Phi) is 5.05. The van der Waals surface area contributed by atoms with Gasteiger partial charge in [-0.1, -0.05) is 30.3 Å². The molecule has 2 aromatic carbocycles. The monoisotopic (exact) mass is 395 g/mol. The Labute approximate surface area is 168 Å². The van der Waals surface area contributed by atoms with Crippen molar-refractivity contribution in [1.82, 2.24) is 10.2 Å². The molecule has 2 heterocycles. The van der Waals surface area contributed by atoms with Gasteiger partial charge in [0.25, 0.3) is 5.91 Å². The average Bonchev–Trinajstić information content (AvgIpc) is 3.19. The summed E-state index contributed by atoms with van der Waals surface area (Å²) >= 11 is 0. The summed E-state index contributed by atoms with van der Waals surface area (Å²) in [5, 5.41) is 2.88. The number of amides is 3. The second-order valence-corrected chi connectivity index (χ2v) is 7.44. The Morgan fingerprint density at radius 3 is 2.72 bits per heavy atom. The Bertz CT molecular complexity index is 963. The Morgan fingerprint density at radius 2 is 1.97 bits per heavy atom. The predicted molar refractivity (Wildman–Crippen MR) is 106 cm³/mol. The van der Waals surface area contributed by atoms with E-state index < -0.39 is 11.9 Å². The molecule has 0 aromatic heterocycles. The summed E-state index contributed by atoms with van der Waals surface area (Å²) in [5.74, 6) is -1.57. The Hall–Kier alpha value is -3.22. The number of hydrogen-bond acceptors (Lipinski definition) is 3. The lowest BCUT2D eigenvalue weighted by atomic mass is 10.1. The fourth-order valence-corrected chi connectivity index (χ4v) is 4.05. The zero-order valence-corrected chi connectivity index (χ0v) is 16.1. The van der Waals surface area contributed by atoms with E-state index >= 15 is 0 Å². The smallest absolute Gasteiger partial charge is 0.256 e. The molecule has 0 aliphatic carbocycles. The van der Waals surface area contributed by atoms with E-state index in [0.717, 1.165) is 18.1 Å². The first kappa shape index (κ1) is 19.1. The first-order valence-corrected chi connectivity index (χ1v) is 9.72. The van der Waals surface area contributed by atoms with Crippen LogP contribution in [0.2, 0.25) is 0 Å². The molecule has 29 heavy (non-hydrogen) atoms. The maximum atomic E-state index is 14.0. The number of fused-ring (bicyclic) bond motifs is 2. The normalized spacial score (nSPS) is 19.4. The van der Waals surface area contributed by atoms with Gasteiger partial charge in [-0.3, -0.25) is 14.4 Å². The summed E-state index contributed by atoms with van der Waals surface area (Å²) in [6.07, 6.45) is 1.27. The van der Waals surface area contributed by atoms with Gasteiger partial charge in [0.15, 0.2) is 0 Å². The van der Waals surface area contributed by atoms with Crippen molar-refractivity contribution in [2.24, 2.45) is 0 Å². The number of nitrogens with one attached hydrogen (secondary N) is 1. The van der Waals surface area contributed by atoms with Crippen LogP contribution in [0, 0.1) is 5.82 Å². The lowest BCUT2D eigenvalue weighted by molar-refractivity contribution is -0.126. The van der Waals surface area contributed by atoms with Gasteiger partial charge in [-0.05, 0) is 43.5 Å². The SMILES string of the molecule is C[C@@H](NC(=O)CN1C(=O)[C@H]2CCCN2C(=O)c2ccc(F)cc21)c1ccccc1. The summed E-state index contributed by atoms with van der Waals surface area (Å²) in [6.45, 7) is 2.06. The molecule has 6 nitrogen and oxygen atoms in total. The first-order valence-electron chi connectivity index (χ1n) is 9.72. The summed E-state index contributed by atoms with van der Waals surface area (Å²) in [4.78, 5) is 41.6. The number of benzene rings is 2. The summed E-state index contributed by atoms with van der Waals surface area (Å²) in [7, 11) is 0. The molecule has 2 aliphatic heterocycles. The molecule has 0 radical (unpaired) electrons. The Balaban J connectivity index is 1.62. The third-order valence-corrected chi connectivity index (χ3v) is 5.52. The van der Waals surface area contributed by atoms with Crippen molar-refractivity contribution in [3.05, 3.63) is 65.5 Å². The summed E-state index contributed by atoms with van der Waals surface area (Å²) in [6, 6.07) is 12.4. The number of rotatable bonds is 4. The molecule has 1 N–H and O–H groups in total. The van der Waals surface area contributed by atoms with Crippen LogP contribution in [0.1, 0.15) is 41.7 Å². The zero-order valence-electron chi connectivity index (χ0n) is 16.1. The highest BCUT2D eigenvalue weighted by Gasteiger charge is 2.42. The van der Waals surface area contributed by atoms with Gasteiger partial charge < -0.3 is 15.1 Å². The van der Waals surface area contributed by atoms with E-state index in [2.05, 4.69) is 5.32 Å². The molecule has 1 saturated heterocycles. The highest BCUT2D eigenvalue weighted by molar-refractivity contribution is 6.12. The van der Waals surface area contributed by atoms with Gasteiger partial charge in [0.05, 0.1) is 17.3 Å². The van der Waals surface area contributed by atoms with Crippen molar-refractivity contribution in [1.29, 1.82) is 0 Å². The Morgan fingerprint density at radius 1 is 1.21 bits per heavy atom. The number of halogens is 1. The van der Waals surface area contributed by atoms with Crippen molar-refractivity contribution in [3.8, 4) is 0 Å². The molecule has 0 bridgehead atoms. The minimum absolute atomic E-state index is 0.150. The van der Waals surface area contributed by atoms with E-state index in [4.69, 9.17) is 0 Å². The van der Waals surface area contributed by atoms with E-state index in [-0.39, 0.29) is 41.6 Å². The third-order valence-electron chi connectivity index (χ3n) is 5.52. The molecule has 0 unspecified atom stereocenters. The van der Waals surface area contributed by atoms with Crippen molar-refractivity contribution < 1.29 is 18.8 Å². The number of hydrogen-bond donors (Lipinski definition) is 1. The van der Waals surface area contributed by atoms with Crippen molar-refractivity contribution >= 4 is 23.4 Å². The minimum Gasteiger partial charge on any atom is -0.348 e. The van der Waals surface area contributed by atoms with Crippen LogP contribution in [0.25, 0.3) is 0 Å². The van der Waals surface area contributed by atoms with Gasteiger partial charge in [0.2, 0.25) is 11.8 Å². The largest absolute Gasteiger partial charge is 0.348 e. The molecule has 2 aliphatic rings. The molecular weight excluding hydrogens is 373 g/mol. The molecule has 3 amide bonds. The van der Waals surface area contributed by atoms with E-state index in [9.17, 15) is 18.8 Å². The molecule has 150 valence electrons. The summed E-state index contributed by atoms with van der Waals surface area (Å²) < 4.78 is 14.0. The fourth-order valence-electron chi connectivity index (χ4n) is 4.05. The van der Waals surface area contributed by atoms with Crippen LogP contribution in [0.15, 0.2) is 48.5 Å². The van der Waals surface area contributed by atoms with Gasteiger partial charge in [-0.25, -0.2) is 4.39 Å². The zero-order chi connectivity index (χ0) is 20.5. The molecule has 7 heteroatoms. The topological polar surface area (TPSA) is 69.7 Å². The second kappa shape index (κ2) is 7.66. The third kappa shape index (κ3) is 3.60. The van der Waals surface area contributed by atoms with E-state index in [1.807, 2.05) is 37.3 Å². The molecular formula is C22H22FN3O3. The van der Waals surface area contributed by atoms with Crippen LogP contribution in [-0.2, 0) is 9.59 Å². The molecule has 2 atom stereocenters. The van der Waals surface area contributed by atoms with E-state index in [1.54, 1.807) is 0 Å². The highest BCUT2D eigenvalue weighted by Crippen LogP contribution is 2.32. The van der Waals surface area contributed by atoms with Gasteiger partial charge >= 0.3 is 0 Å². The molecule has 0 spiro atoms. The first-order chi connectivity index (χ1) is 14.0. The van der Waals surface area contributed by atoms with Crippen molar-refractivity contribution in [3.63, 3.8) is 0 Å². The quantitative estimate of drug-likeness (QED) is 0.865. The fraction of sp³-hybridized carbons (Fsp3) is 0.318. The lowest BCUT2D eigenvalue weighted by Crippen LogP contribution is -2.48. The molecule has 1 fully saturated rings. The van der Waals surface area contributed by atoms with E-state index in [0.29, 0.717) is 13.0 Å². The van der Waals surface area contributed by atoms with Gasteiger partial charge in [0.1, 0.15) is 18.4 Å². The van der Waals surface area contributed by atoms with Crippen molar-refractivity contribution in [2.45, 2.75) is 31.8 Å². The summed E-state index contributed by atoms with van der Waals surface area (Å²) in [5.41, 5.74) is 1.33. The predicted octanol–water partition coefficient (Wildman–Crippen LogP) is 2.65. The highest BCUT2D eigenvalue weighted by atomic mass is 19.1. The number of anilines is 1.